The van der Waals surface area contributed by atoms with Crippen molar-refractivity contribution in [3.63, 3.8) is 0 Å². The molecule has 0 saturated carbocycles. The normalized spacial score (nSPS) is 11.2. The second kappa shape index (κ2) is 8.82. The van der Waals surface area contributed by atoms with Crippen LogP contribution in [-0.4, -0.2) is 18.4 Å². The maximum absolute atomic E-state index is 13.2. The van der Waals surface area contributed by atoms with E-state index in [9.17, 15) is 22.8 Å². The summed E-state index contributed by atoms with van der Waals surface area (Å²) in [5, 5.41) is 7.06. The van der Waals surface area contributed by atoms with Gasteiger partial charge in [0.2, 0.25) is 5.91 Å². The van der Waals surface area contributed by atoms with Crippen LogP contribution < -0.4 is 10.6 Å². The first kappa shape index (κ1) is 21.1. The van der Waals surface area contributed by atoms with Gasteiger partial charge in [0.1, 0.15) is 0 Å². The lowest BCUT2D eigenvalue weighted by Crippen LogP contribution is -2.26. The zero-order chi connectivity index (χ0) is 21.7. The molecule has 0 unspecified atom stereocenters. The smallest absolute Gasteiger partial charge is 0.352 e. The Kier molecular flexibility index (Phi) is 6.20. The molecular weight excluding hydrogens is 393 g/mol. The summed E-state index contributed by atoms with van der Waals surface area (Å²) in [6.45, 7) is 3.51. The Balaban J connectivity index is 1.72. The molecule has 3 rings (SSSR count). The molecule has 0 fully saturated rings. The van der Waals surface area contributed by atoms with E-state index in [4.69, 9.17) is 0 Å². The summed E-state index contributed by atoms with van der Waals surface area (Å²) >= 11 is 0. The molecule has 3 aromatic rings. The molecule has 3 aromatic carbocycles. The van der Waals surface area contributed by atoms with E-state index in [2.05, 4.69) is 17.2 Å². The van der Waals surface area contributed by atoms with Gasteiger partial charge < -0.3 is 10.6 Å². The van der Waals surface area contributed by atoms with Crippen molar-refractivity contribution in [3.05, 3.63) is 90.0 Å². The molecular formula is C23H19F3N2O2. The van der Waals surface area contributed by atoms with E-state index in [1.165, 1.54) is 6.07 Å². The fourth-order valence-electron chi connectivity index (χ4n) is 3.00. The summed E-state index contributed by atoms with van der Waals surface area (Å²) in [6, 6.07) is 16.5. The predicted molar refractivity (Wildman–Crippen MR) is 110 cm³/mol. The van der Waals surface area contributed by atoms with Gasteiger partial charge in [0, 0.05) is 17.8 Å². The van der Waals surface area contributed by atoms with Crippen LogP contribution in [0.15, 0.2) is 73.3 Å². The molecule has 0 heterocycles. The van der Waals surface area contributed by atoms with Crippen molar-refractivity contribution >= 4 is 28.3 Å². The maximum Gasteiger partial charge on any atom is 0.416 e. The van der Waals surface area contributed by atoms with Gasteiger partial charge in [0.25, 0.3) is 5.91 Å². The number of nitrogens with one attached hydrogen (secondary N) is 2. The van der Waals surface area contributed by atoms with E-state index in [1.54, 1.807) is 0 Å². The van der Waals surface area contributed by atoms with Crippen LogP contribution in [0.4, 0.5) is 18.9 Å². The molecule has 0 aliphatic rings. The molecule has 0 atom stereocenters. The van der Waals surface area contributed by atoms with E-state index in [0.29, 0.717) is 6.42 Å². The van der Waals surface area contributed by atoms with E-state index in [0.717, 1.165) is 34.5 Å². The zero-order valence-electron chi connectivity index (χ0n) is 15.9. The van der Waals surface area contributed by atoms with Crippen LogP contribution in [-0.2, 0) is 17.4 Å². The molecule has 30 heavy (non-hydrogen) atoms. The number of carbonyl (C=O) groups excluding carboxylic acids is 2. The van der Waals surface area contributed by atoms with Crippen molar-refractivity contribution < 1.29 is 22.8 Å². The SMILES string of the molecule is C=CC(=O)Nc1cc(C(=O)NCCc2ccc3ccccc3c2)cc(C(F)(F)F)c1. The number of benzene rings is 3. The molecule has 4 nitrogen and oxygen atoms in total. The minimum Gasteiger partial charge on any atom is -0.352 e. The molecule has 154 valence electrons. The van der Waals surface area contributed by atoms with Crippen LogP contribution >= 0.6 is 0 Å². The van der Waals surface area contributed by atoms with Gasteiger partial charge in [-0.25, -0.2) is 0 Å². The Morgan fingerprint density at radius 3 is 2.40 bits per heavy atom. The van der Waals surface area contributed by atoms with Gasteiger partial charge in [0.15, 0.2) is 0 Å². The van der Waals surface area contributed by atoms with Crippen LogP contribution in [0.3, 0.4) is 0 Å². The lowest BCUT2D eigenvalue weighted by atomic mass is 10.0. The molecule has 0 aliphatic heterocycles. The highest BCUT2D eigenvalue weighted by molar-refractivity contribution is 6.01. The zero-order valence-corrected chi connectivity index (χ0v) is 15.9. The summed E-state index contributed by atoms with van der Waals surface area (Å²) in [6.07, 6.45) is -3.20. The van der Waals surface area contributed by atoms with Gasteiger partial charge in [0.05, 0.1) is 5.56 Å². The first-order chi connectivity index (χ1) is 14.3. The minimum absolute atomic E-state index is 0.130. The number of hydrogen-bond acceptors (Lipinski definition) is 2. The number of alkyl halides is 3. The second-order valence-electron chi connectivity index (χ2n) is 6.68. The predicted octanol–water partition coefficient (Wildman–Crippen LogP) is 4.96. The molecule has 0 saturated heterocycles. The number of anilines is 1. The molecule has 0 aliphatic carbocycles. The fourth-order valence-corrected chi connectivity index (χ4v) is 3.00. The number of fused-ring (bicyclic) bond motifs is 1. The first-order valence-electron chi connectivity index (χ1n) is 9.18. The van der Waals surface area contributed by atoms with Gasteiger partial charge in [-0.15, -0.1) is 0 Å². The largest absolute Gasteiger partial charge is 0.416 e. The van der Waals surface area contributed by atoms with Crippen LogP contribution in [0.2, 0.25) is 0 Å². The van der Waals surface area contributed by atoms with Crippen LogP contribution in [0.5, 0.6) is 0 Å². The highest BCUT2D eigenvalue weighted by atomic mass is 19.4. The topological polar surface area (TPSA) is 58.2 Å². The Bertz CT molecular complexity index is 1110. The fraction of sp³-hybridized carbons (Fsp3) is 0.130. The number of hydrogen-bond donors (Lipinski definition) is 2. The Hall–Kier alpha value is -3.61. The van der Waals surface area contributed by atoms with Crippen molar-refractivity contribution in [2.24, 2.45) is 0 Å². The van der Waals surface area contributed by atoms with E-state index < -0.39 is 23.6 Å². The Morgan fingerprint density at radius 1 is 0.967 bits per heavy atom. The Morgan fingerprint density at radius 2 is 1.70 bits per heavy atom. The van der Waals surface area contributed by atoms with Crippen molar-refractivity contribution in [2.75, 3.05) is 11.9 Å². The number of halogens is 3. The third kappa shape index (κ3) is 5.26. The number of rotatable bonds is 6. The molecule has 2 N–H and O–H groups in total. The van der Waals surface area contributed by atoms with Crippen molar-refractivity contribution in [2.45, 2.75) is 12.6 Å². The van der Waals surface area contributed by atoms with Gasteiger partial charge in [-0.05, 0) is 47.0 Å². The third-order valence-corrected chi connectivity index (χ3v) is 4.49. The summed E-state index contributed by atoms with van der Waals surface area (Å²) in [5.74, 6) is -1.33. The van der Waals surface area contributed by atoms with Gasteiger partial charge in [-0.2, -0.15) is 13.2 Å². The number of amides is 2. The lowest BCUT2D eigenvalue weighted by Gasteiger charge is -2.13. The summed E-state index contributed by atoms with van der Waals surface area (Å²) < 4.78 is 39.5. The van der Waals surface area contributed by atoms with Gasteiger partial charge in [-0.1, -0.05) is 49.0 Å². The highest BCUT2D eigenvalue weighted by Crippen LogP contribution is 2.32. The summed E-state index contributed by atoms with van der Waals surface area (Å²) in [4.78, 5) is 23.9. The molecule has 0 aromatic heterocycles. The molecule has 0 radical (unpaired) electrons. The van der Waals surface area contributed by atoms with E-state index in [-0.39, 0.29) is 17.8 Å². The summed E-state index contributed by atoms with van der Waals surface area (Å²) in [7, 11) is 0. The van der Waals surface area contributed by atoms with Crippen LogP contribution in [0, 0.1) is 0 Å². The monoisotopic (exact) mass is 412 g/mol. The minimum atomic E-state index is -4.66. The Labute approximate surface area is 171 Å². The first-order valence-corrected chi connectivity index (χ1v) is 9.18. The van der Waals surface area contributed by atoms with Crippen molar-refractivity contribution in [1.82, 2.24) is 5.32 Å². The average molecular weight is 412 g/mol. The molecule has 7 heteroatoms. The van der Waals surface area contributed by atoms with Gasteiger partial charge >= 0.3 is 6.18 Å². The maximum atomic E-state index is 13.2. The molecule has 0 bridgehead atoms. The average Bonchev–Trinajstić information content (AvgIpc) is 2.72. The molecule has 0 spiro atoms. The standard InChI is InChI=1S/C23H19F3N2O2/c1-2-21(29)28-20-13-18(12-19(14-20)23(24,25)26)22(30)27-10-9-15-7-8-16-5-3-4-6-17(16)11-15/h2-8,11-14H,1,9-10H2,(H,27,30)(H,28,29). The summed E-state index contributed by atoms with van der Waals surface area (Å²) in [5.41, 5.74) is -0.349. The van der Waals surface area contributed by atoms with Crippen LogP contribution in [0.1, 0.15) is 21.5 Å². The number of carbonyl (C=O) groups is 2. The molecule has 2 amide bonds. The highest BCUT2D eigenvalue weighted by Gasteiger charge is 2.32. The van der Waals surface area contributed by atoms with Crippen LogP contribution in [0.25, 0.3) is 10.8 Å². The van der Waals surface area contributed by atoms with Crippen molar-refractivity contribution in [3.8, 4) is 0 Å². The van der Waals surface area contributed by atoms with Crippen molar-refractivity contribution in [1.29, 1.82) is 0 Å². The van der Waals surface area contributed by atoms with E-state index in [1.807, 2.05) is 42.5 Å². The second-order valence-corrected chi connectivity index (χ2v) is 6.68. The van der Waals surface area contributed by atoms with E-state index >= 15 is 0 Å². The van der Waals surface area contributed by atoms with Gasteiger partial charge in [-0.3, -0.25) is 9.59 Å². The quantitative estimate of drug-likeness (QED) is 0.563. The third-order valence-electron chi connectivity index (χ3n) is 4.49. The lowest BCUT2D eigenvalue weighted by molar-refractivity contribution is -0.137.